The van der Waals surface area contributed by atoms with Crippen molar-refractivity contribution in [2.75, 3.05) is 0 Å². The van der Waals surface area contributed by atoms with E-state index in [1.165, 1.54) is 6.07 Å². The summed E-state index contributed by atoms with van der Waals surface area (Å²) in [5.41, 5.74) is 0.530. The zero-order valence-corrected chi connectivity index (χ0v) is 10.1. The largest absolute Gasteiger partial charge is 0.434 e. The second kappa shape index (κ2) is 3.56. The average molecular weight is 292 g/mol. The molecule has 0 saturated carbocycles. The van der Waals surface area contributed by atoms with Crippen molar-refractivity contribution < 1.29 is 9.34 Å². The summed E-state index contributed by atoms with van der Waals surface area (Å²) in [5, 5.41) is 13.4. The molecule has 0 spiro atoms. The van der Waals surface area contributed by atoms with Gasteiger partial charge < -0.3 is 4.42 Å². The van der Waals surface area contributed by atoms with E-state index < -0.39 is 4.92 Å². The maximum Gasteiger partial charge on any atom is 0.434 e. The fourth-order valence-electron chi connectivity index (χ4n) is 1.92. The van der Waals surface area contributed by atoms with Crippen LogP contribution >= 0.6 is 15.9 Å². The van der Waals surface area contributed by atoms with Crippen molar-refractivity contribution in [3.8, 4) is 0 Å². The van der Waals surface area contributed by atoms with Crippen LogP contribution < -0.4 is 0 Å². The summed E-state index contributed by atoms with van der Waals surface area (Å²) in [7, 11) is 0. The molecule has 0 aliphatic heterocycles. The summed E-state index contributed by atoms with van der Waals surface area (Å²) in [6.45, 7) is 0. The molecule has 17 heavy (non-hydrogen) atoms. The third-order valence-electron chi connectivity index (χ3n) is 2.67. The molecule has 3 rings (SSSR count). The van der Waals surface area contributed by atoms with Crippen molar-refractivity contribution in [3.63, 3.8) is 0 Å². The van der Waals surface area contributed by atoms with Gasteiger partial charge in [0.1, 0.15) is 10.5 Å². The van der Waals surface area contributed by atoms with Crippen molar-refractivity contribution in [3.05, 3.63) is 51.0 Å². The van der Waals surface area contributed by atoms with E-state index in [-0.39, 0.29) is 5.88 Å². The summed E-state index contributed by atoms with van der Waals surface area (Å²) in [6.07, 6.45) is 0. The third kappa shape index (κ3) is 1.51. The van der Waals surface area contributed by atoms with Crippen molar-refractivity contribution in [2.24, 2.45) is 0 Å². The lowest BCUT2D eigenvalue weighted by atomic mass is 10.1. The first-order chi connectivity index (χ1) is 8.16. The molecule has 0 saturated heterocycles. The summed E-state index contributed by atoms with van der Waals surface area (Å²) in [4.78, 5) is 10.2. The van der Waals surface area contributed by atoms with Crippen molar-refractivity contribution in [1.82, 2.24) is 0 Å². The lowest BCUT2D eigenvalue weighted by Gasteiger charge is -2.00. The number of hydrogen-bond acceptors (Lipinski definition) is 3. The highest BCUT2D eigenvalue weighted by Crippen LogP contribution is 2.34. The summed E-state index contributed by atoms with van der Waals surface area (Å²) < 4.78 is 6.12. The molecule has 3 aromatic rings. The Hall–Kier alpha value is -1.88. The van der Waals surface area contributed by atoms with Crippen LogP contribution in [0.5, 0.6) is 0 Å². The Kier molecular flexibility index (Phi) is 2.16. The molecule has 1 aromatic heterocycles. The van der Waals surface area contributed by atoms with Gasteiger partial charge in [-0.1, -0.05) is 28.1 Å². The lowest BCUT2D eigenvalue weighted by molar-refractivity contribution is -0.401. The van der Waals surface area contributed by atoms with Gasteiger partial charge in [-0.3, -0.25) is 10.1 Å². The summed E-state index contributed by atoms with van der Waals surface area (Å²) in [5.74, 6) is -0.229. The van der Waals surface area contributed by atoms with Gasteiger partial charge in [0.15, 0.2) is 0 Å². The Balaban J connectivity index is 2.47. The van der Waals surface area contributed by atoms with E-state index in [2.05, 4.69) is 15.9 Å². The number of rotatable bonds is 1. The highest BCUT2D eigenvalue weighted by atomic mass is 79.9. The summed E-state index contributed by atoms with van der Waals surface area (Å²) in [6, 6.07) is 10.8. The molecule has 1 heterocycles. The molecular formula is C12H6BrNO3. The predicted molar refractivity (Wildman–Crippen MR) is 68.1 cm³/mol. The number of furan rings is 1. The predicted octanol–water partition coefficient (Wildman–Crippen LogP) is 4.26. The minimum absolute atomic E-state index is 0.229. The minimum atomic E-state index is -0.524. The fraction of sp³-hybridized carbons (Fsp3) is 0. The highest BCUT2D eigenvalue weighted by molar-refractivity contribution is 9.10. The molecule has 0 aliphatic rings. The first kappa shape index (κ1) is 10.3. The standard InChI is InChI=1S/C12H6BrNO3/c13-10-3-1-2-7-8(10)4-5-11-9(7)6-12(17-11)14(15)16/h1-6H. The smallest absolute Gasteiger partial charge is 0.401 e. The van der Waals surface area contributed by atoms with Gasteiger partial charge in [-0.15, -0.1) is 0 Å². The van der Waals surface area contributed by atoms with Crippen molar-refractivity contribution >= 4 is 43.6 Å². The first-order valence-corrected chi connectivity index (χ1v) is 5.71. The number of nitro groups is 1. The van der Waals surface area contributed by atoms with Gasteiger partial charge in [-0.2, -0.15) is 0 Å². The number of hydrogen-bond donors (Lipinski definition) is 0. The molecule has 84 valence electrons. The Morgan fingerprint density at radius 2 is 1.94 bits per heavy atom. The second-order valence-electron chi connectivity index (χ2n) is 3.65. The van der Waals surface area contributed by atoms with E-state index in [9.17, 15) is 10.1 Å². The Morgan fingerprint density at radius 3 is 2.71 bits per heavy atom. The van der Waals surface area contributed by atoms with E-state index in [1.807, 2.05) is 24.3 Å². The number of nitrogens with zero attached hydrogens (tertiary/aromatic N) is 1. The van der Waals surface area contributed by atoms with Gasteiger partial charge in [0, 0.05) is 9.86 Å². The maximum atomic E-state index is 10.7. The zero-order valence-electron chi connectivity index (χ0n) is 8.51. The molecule has 0 aliphatic carbocycles. The van der Waals surface area contributed by atoms with Crippen LogP contribution in [0.2, 0.25) is 0 Å². The van der Waals surface area contributed by atoms with Crippen LogP contribution in [0.25, 0.3) is 21.7 Å². The molecule has 2 aromatic carbocycles. The SMILES string of the molecule is O=[N+]([O-])c1cc2c(ccc3c(Br)cccc32)o1. The minimum Gasteiger partial charge on any atom is -0.401 e. The Bertz CT molecular complexity index is 748. The third-order valence-corrected chi connectivity index (χ3v) is 3.36. The monoisotopic (exact) mass is 291 g/mol. The quantitative estimate of drug-likeness (QED) is 0.497. The molecule has 0 fully saturated rings. The zero-order chi connectivity index (χ0) is 12.0. The average Bonchev–Trinajstić information content (AvgIpc) is 2.73. The molecule has 0 N–H and O–H groups in total. The fourth-order valence-corrected chi connectivity index (χ4v) is 2.41. The van der Waals surface area contributed by atoms with Crippen LogP contribution in [0, 0.1) is 10.1 Å². The van der Waals surface area contributed by atoms with Crippen LogP contribution in [0.3, 0.4) is 0 Å². The van der Waals surface area contributed by atoms with Gasteiger partial charge >= 0.3 is 5.88 Å². The number of fused-ring (bicyclic) bond motifs is 3. The molecule has 5 heteroatoms. The first-order valence-electron chi connectivity index (χ1n) is 4.92. The van der Waals surface area contributed by atoms with Gasteiger partial charge in [0.25, 0.3) is 0 Å². The van der Waals surface area contributed by atoms with E-state index in [0.717, 1.165) is 20.6 Å². The van der Waals surface area contributed by atoms with E-state index >= 15 is 0 Å². The van der Waals surface area contributed by atoms with Crippen LogP contribution in [-0.4, -0.2) is 4.92 Å². The molecule has 4 nitrogen and oxygen atoms in total. The molecular weight excluding hydrogens is 286 g/mol. The second-order valence-corrected chi connectivity index (χ2v) is 4.51. The maximum absolute atomic E-state index is 10.7. The van der Waals surface area contributed by atoms with Crippen LogP contribution in [0.4, 0.5) is 5.88 Å². The van der Waals surface area contributed by atoms with Crippen LogP contribution in [0.15, 0.2) is 45.3 Å². The van der Waals surface area contributed by atoms with Crippen molar-refractivity contribution in [2.45, 2.75) is 0 Å². The topological polar surface area (TPSA) is 56.3 Å². The van der Waals surface area contributed by atoms with E-state index in [4.69, 9.17) is 4.42 Å². The van der Waals surface area contributed by atoms with Gasteiger partial charge in [0.05, 0.1) is 6.07 Å². The number of halogens is 1. The summed E-state index contributed by atoms with van der Waals surface area (Å²) >= 11 is 3.45. The van der Waals surface area contributed by atoms with Gasteiger partial charge in [0.2, 0.25) is 0 Å². The molecule has 0 radical (unpaired) electrons. The Morgan fingerprint density at radius 1 is 1.12 bits per heavy atom. The van der Waals surface area contributed by atoms with E-state index in [1.54, 1.807) is 6.07 Å². The number of benzene rings is 2. The van der Waals surface area contributed by atoms with Crippen molar-refractivity contribution in [1.29, 1.82) is 0 Å². The van der Waals surface area contributed by atoms with Crippen LogP contribution in [-0.2, 0) is 0 Å². The van der Waals surface area contributed by atoms with Crippen LogP contribution in [0.1, 0.15) is 0 Å². The lowest BCUT2D eigenvalue weighted by Crippen LogP contribution is -1.82. The normalized spacial score (nSPS) is 11.1. The van der Waals surface area contributed by atoms with Gasteiger partial charge in [-0.25, -0.2) is 0 Å². The molecule has 0 unspecified atom stereocenters. The molecule has 0 bridgehead atoms. The highest BCUT2D eigenvalue weighted by Gasteiger charge is 2.15. The molecule has 0 amide bonds. The molecule has 0 atom stereocenters. The Labute approximate surface area is 104 Å². The van der Waals surface area contributed by atoms with Gasteiger partial charge in [-0.05, 0) is 29.0 Å². The van der Waals surface area contributed by atoms with E-state index in [0.29, 0.717) is 5.58 Å².